The second-order valence-corrected chi connectivity index (χ2v) is 7.25. The first-order chi connectivity index (χ1) is 8.45. The molecule has 0 saturated heterocycles. The third kappa shape index (κ3) is 3.21. The van der Waals surface area contributed by atoms with Gasteiger partial charge in [-0.05, 0) is 24.0 Å². The Morgan fingerprint density at radius 1 is 1.28 bits per heavy atom. The Bertz CT molecular complexity index is 540. The van der Waals surface area contributed by atoms with Gasteiger partial charge in [-0.1, -0.05) is 36.4 Å². The molecule has 1 saturated carbocycles. The third-order valence-electron chi connectivity index (χ3n) is 3.36. The number of sulfone groups is 1. The zero-order valence-corrected chi connectivity index (χ0v) is 11.4. The Hall–Kier alpha value is -1.13. The lowest BCUT2D eigenvalue weighted by Crippen LogP contribution is -2.19. The first kappa shape index (κ1) is 13.3. The summed E-state index contributed by atoms with van der Waals surface area (Å²) in [6.45, 7) is 0.528. The van der Waals surface area contributed by atoms with E-state index in [1.165, 1.54) is 6.26 Å². The van der Waals surface area contributed by atoms with Crippen LogP contribution in [0.1, 0.15) is 24.0 Å². The van der Waals surface area contributed by atoms with Crippen LogP contribution in [-0.4, -0.2) is 27.0 Å². The minimum atomic E-state index is -2.92. The van der Waals surface area contributed by atoms with Gasteiger partial charge in [-0.25, -0.2) is 8.42 Å². The van der Waals surface area contributed by atoms with E-state index in [0.717, 1.165) is 24.0 Å². The van der Waals surface area contributed by atoms with Crippen molar-refractivity contribution >= 4 is 15.9 Å². The van der Waals surface area contributed by atoms with Crippen molar-refractivity contribution in [1.82, 2.24) is 0 Å². The van der Waals surface area contributed by atoms with Crippen LogP contribution in [0.3, 0.4) is 0 Å². The van der Waals surface area contributed by atoms with E-state index < -0.39 is 9.84 Å². The van der Waals surface area contributed by atoms with Crippen LogP contribution in [0.25, 0.3) is 6.08 Å². The molecule has 1 aromatic carbocycles. The smallest absolute Gasteiger partial charge is 0.148 e. The maximum Gasteiger partial charge on any atom is 0.148 e. The topological polar surface area (TPSA) is 60.2 Å². The molecule has 0 spiro atoms. The third-order valence-corrected chi connectivity index (χ3v) is 4.44. The van der Waals surface area contributed by atoms with E-state index in [1.54, 1.807) is 0 Å². The summed E-state index contributed by atoms with van der Waals surface area (Å²) in [6.07, 6.45) is 7.12. The molecule has 1 aliphatic carbocycles. The quantitative estimate of drug-likeness (QED) is 0.882. The van der Waals surface area contributed by atoms with Gasteiger partial charge in [0, 0.05) is 18.2 Å². The molecule has 0 bridgehead atoms. The largest absolute Gasteiger partial charge is 0.327 e. The van der Waals surface area contributed by atoms with Crippen LogP contribution in [0.15, 0.2) is 30.3 Å². The Balaban J connectivity index is 2.17. The average Bonchev–Trinajstić information content (AvgIpc) is 3.05. The molecule has 0 atom stereocenters. The molecule has 0 heterocycles. The lowest BCUT2D eigenvalue weighted by molar-refractivity contribution is 0.592. The highest BCUT2D eigenvalue weighted by atomic mass is 32.2. The van der Waals surface area contributed by atoms with Crippen LogP contribution in [0.4, 0.5) is 0 Å². The highest BCUT2D eigenvalue weighted by molar-refractivity contribution is 7.90. The number of rotatable bonds is 5. The summed E-state index contributed by atoms with van der Waals surface area (Å²) >= 11 is 0. The molecule has 0 aliphatic heterocycles. The molecular formula is C14H19NO2S. The van der Waals surface area contributed by atoms with E-state index in [0.29, 0.717) is 6.54 Å². The zero-order valence-electron chi connectivity index (χ0n) is 10.6. The van der Waals surface area contributed by atoms with Crippen LogP contribution >= 0.6 is 0 Å². The number of benzene rings is 1. The minimum absolute atomic E-state index is 0.121. The molecule has 0 unspecified atom stereocenters. The molecule has 0 aromatic heterocycles. The Morgan fingerprint density at radius 3 is 2.33 bits per heavy atom. The second kappa shape index (κ2) is 4.86. The van der Waals surface area contributed by atoms with Crippen LogP contribution < -0.4 is 5.73 Å². The van der Waals surface area contributed by atoms with Gasteiger partial charge >= 0.3 is 0 Å². The molecule has 1 fully saturated rings. The van der Waals surface area contributed by atoms with Crippen molar-refractivity contribution < 1.29 is 8.42 Å². The van der Waals surface area contributed by atoms with Crippen molar-refractivity contribution in [1.29, 1.82) is 0 Å². The maximum atomic E-state index is 11.4. The number of hydrogen-bond acceptors (Lipinski definition) is 3. The van der Waals surface area contributed by atoms with Gasteiger partial charge in [0.05, 0.1) is 5.75 Å². The molecule has 2 rings (SSSR count). The fraction of sp³-hybridized carbons (Fsp3) is 0.429. The van der Waals surface area contributed by atoms with E-state index in [4.69, 9.17) is 5.73 Å². The summed E-state index contributed by atoms with van der Waals surface area (Å²) in [5.41, 5.74) is 7.51. The monoisotopic (exact) mass is 265 g/mol. The van der Waals surface area contributed by atoms with E-state index in [9.17, 15) is 8.42 Å². The fourth-order valence-electron chi connectivity index (χ4n) is 2.32. The highest BCUT2D eigenvalue weighted by Gasteiger charge is 2.46. The summed E-state index contributed by atoms with van der Waals surface area (Å²) in [5.74, 6) is 0.262. The molecule has 3 nitrogen and oxygen atoms in total. The van der Waals surface area contributed by atoms with Gasteiger partial charge in [0.1, 0.15) is 9.84 Å². The van der Waals surface area contributed by atoms with Crippen molar-refractivity contribution in [3.63, 3.8) is 0 Å². The van der Waals surface area contributed by atoms with Gasteiger partial charge in [-0.3, -0.25) is 0 Å². The van der Waals surface area contributed by atoms with Crippen molar-refractivity contribution in [3.8, 4) is 0 Å². The summed E-state index contributed by atoms with van der Waals surface area (Å²) in [7, 11) is -2.92. The van der Waals surface area contributed by atoms with Crippen LogP contribution in [-0.2, 0) is 15.3 Å². The second-order valence-electron chi connectivity index (χ2n) is 5.11. The normalized spacial score (nSPS) is 18.1. The minimum Gasteiger partial charge on any atom is -0.327 e. The molecule has 18 heavy (non-hydrogen) atoms. The lowest BCUT2D eigenvalue weighted by atomic mass is 9.97. The number of nitrogens with two attached hydrogens (primary N) is 1. The lowest BCUT2D eigenvalue weighted by Gasteiger charge is -2.14. The van der Waals surface area contributed by atoms with Crippen molar-refractivity contribution in [2.45, 2.75) is 18.3 Å². The zero-order chi connectivity index (χ0) is 13.2. The van der Waals surface area contributed by atoms with Gasteiger partial charge in [0.15, 0.2) is 0 Å². The van der Waals surface area contributed by atoms with Gasteiger partial charge in [0.25, 0.3) is 0 Å². The molecule has 2 N–H and O–H groups in total. The molecule has 0 amide bonds. The van der Waals surface area contributed by atoms with Crippen LogP contribution in [0.2, 0.25) is 0 Å². The van der Waals surface area contributed by atoms with E-state index in [1.807, 2.05) is 36.4 Å². The van der Waals surface area contributed by atoms with E-state index >= 15 is 0 Å². The SMILES string of the molecule is CS(=O)(=O)CC1(c2ccc(/C=C/CN)cc2)CC1. The Labute approximate surface area is 109 Å². The summed E-state index contributed by atoms with van der Waals surface area (Å²) in [5, 5.41) is 0. The van der Waals surface area contributed by atoms with Gasteiger partial charge in [0.2, 0.25) is 0 Å². The summed E-state index contributed by atoms with van der Waals surface area (Å²) < 4.78 is 22.9. The predicted molar refractivity (Wildman–Crippen MR) is 75.2 cm³/mol. The molecule has 4 heteroatoms. The van der Waals surface area contributed by atoms with Crippen LogP contribution in [0, 0.1) is 0 Å². The summed E-state index contributed by atoms with van der Waals surface area (Å²) in [4.78, 5) is 0. The molecule has 1 aliphatic rings. The van der Waals surface area contributed by atoms with Gasteiger partial charge in [-0.2, -0.15) is 0 Å². The molecule has 1 aromatic rings. The first-order valence-electron chi connectivity index (χ1n) is 6.10. The predicted octanol–water partition coefficient (Wildman–Crippen LogP) is 1.73. The van der Waals surface area contributed by atoms with Crippen molar-refractivity contribution in [2.24, 2.45) is 5.73 Å². The molecule has 0 radical (unpaired) electrons. The molecular weight excluding hydrogens is 246 g/mol. The van der Waals surface area contributed by atoms with Crippen LogP contribution in [0.5, 0.6) is 0 Å². The Kier molecular flexibility index (Phi) is 3.59. The van der Waals surface area contributed by atoms with E-state index in [-0.39, 0.29) is 11.2 Å². The van der Waals surface area contributed by atoms with Gasteiger partial charge in [-0.15, -0.1) is 0 Å². The first-order valence-corrected chi connectivity index (χ1v) is 8.16. The average molecular weight is 265 g/mol. The Morgan fingerprint density at radius 2 is 1.89 bits per heavy atom. The summed E-state index contributed by atoms with van der Waals surface area (Å²) in [6, 6.07) is 8.11. The number of hydrogen-bond donors (Lipinski definition) is 1. The maximum absolute atomic E-state index is 11.4. The highest BCUT2D eigenvalue weighted by Crippen LogP contribution is 2.49. The fourth-order valence-corrected chi connectivity index (χ4v) is 3.78. The van der Waals surface area contributed by atoms with Crippen molar-refractivity contribution in [2.75, 3.05) is 18.6 Å². The van der Waals surface area contributed by atoms with E-state index in [2.05, 4.69) is 0 Å². The molecule has 98 valence electrons. The van der Waals surface area contributed by atoms with Crippen molar-refractivity contribution in [3.05, 3.63) is 41.5 Å². The standard InChI is InChI=1S/C14H19NO2S/c1-18(16,17)11-14(8-9-14)13-6-4-12(5-7-13)3-2-10-15/h2-7H,8-11,15H2,1H3/b3-2+. The van der Waals surface area contributed by atoms with Gasteiger partial charge < -0.3 is 5.73 Å².